The van der Waals surface area contributed by atoms with Gasteiger partial charge in [-0.25, -0.2) is 0 Å². The molecule has 88 valence electrons. The summed E-state index contributed by atoms with van der Waals surface area (Å²) in [6.07, 6.45) is 1.34. The molecule has 1 saturated heterocycles. The van der Waals surface area contributed by atoms with Gasteiger partial charge < -0.3 is 10.0 Å². The third-order valence-corrected chi connectivity index (χ3v) is 4.07. The van der Waals surface area contributed by atoms with Crippen molar-refractivity contribution in [1.29, 1.82) is 0 Å². The maximum Gasteiger partial charge on any atom is 0.263 e. The fourth-order valence-electron chi connectivity index (χ4n) is 1.90. The van der Waals surface area contributed by atoms with Crippen LogP contribution in [0.1, 0.15) is 34.3 Å². The molecule has 0 atom stereocenters. The first kappa shape index (κ1) is 11.6. The monoisotopic (exact) mass is 239 g/mol. The lowest BCUT2D eigenvalue weighted by Gasteiger charge is -2.35. The van der Waals surface area contributed by atoms with E-state index in [0.29, 0.717) is 25.9 Å². The summed E-state index contributed by atoms with van der Waals surface area (Å²) < 4.78 is 0. The number of amides is 1. The Labute approximate surface area is 99.7 Å². The zero-order valence-corrected chi connectivity index (χ0v) is 10.5. The number of aryl methyl sites for hydroxylation is 1. The molecule has 1 fully saturated rings. The van der Waals surface area contributed by atoms with Crippen molar-refractivity contribution in [2.45, 2.75) is 32.3 Å². The van der Waals surface area contributed by atoms with Crippen molar-refractivity contribution < 1.29 is 9.90 Å². The van der Waals surface area contributed by atoms with Gasteiger partial charge in [-0.1, -0.05) is 0 Å². The maximum absolute atomic E-state index is 12.1. The van der Waals surface area contributed by atoms with Crippen LogP contribution in [-0.2, 0) is 0 Å². The highest BCUT2D eigenvalue weighted by Crippen LogP contribution is 2.24. The average Bonchev–Trinajstić information content (AvgIpc) is 2.64. The van der Waals surface area contributed by atoms with Gasteiger partial charge >= 0.3 is 0 Å². The number of carbonyl (C=O) groups excluding carboxylic acids is 1. The summed E-state index contributed by atoms with van der Waals surface area (Å²) in [5.41, 5.74) is -0.595. The van der Waals surface area contributed by atoms with Gasteiger partial charge in [0.15, 0.2) is 0 Å². The Morgan fingerprint density at radius 2 is 2.06 bits per heavy atom. The quantitative estimate of drug-likeness (QED) is 0.814. The number of aliphatic hydroxyl groups is 1. The van der Waals surface area contributed by atoms with Crippen LogP contribution in [-0.4, -0.2) is 34.6 Å². The third-order valence-electron chi connectivity index (χ3n) is 3.08. The minimum Gasteiger partial charge on any atom is -0.390 e. The number of hydrogen-bond acceptors (Lipinski definition) is 3. The molecule has 1 aliphatic rings. The van der Waals surface area contributed by atoms with Crippen LogP contribution in [0.3, 0.4) is 0 Å². The second-order valence-electron chi connectivity index (χ2n) is 4.70. The molecule has 16 heavy (non-hydrogen) atoms. The summed E-state index contributed by atoms with van der Waals surface area (Å²) in [4.78, 5) is 15.9. The molecule has 3 nitrogen and oxygen atoms in total. The Bertz CT molecular complexity index is 387. The van der Waals surface area contributed by atoms with Gasteiger partial charge in [0.05, 0.1) is 10.5 Å². The summed E-state index contributed by atoms with van der Waals surface area (Å²) in [6, 6.07) is 3.85. The predicted octanol–water partition coefficient (Wildman–Crippen LogP) is 2.04. The van der Waals surface area contributed by atoms with Gasteiger partial charge in [0, 0.05) is 18.0 Å². The molecule has 0 radical (unpaired) electrons. The molecule has 2 rings (SSSR count). The van der Waals surface area contributed by atoms with Crippen molar-refractivity contribution in [3.63, 3.8) is 0 Å². The van der Waals surface area contributed by atoms with E-state index in [2.05, 4.69) is 0 Å². The molecule has 0 aromatic carbocycles. The normalized spacial score (nSPS) is 19.8. The van der Waals surface area contributed by atoms with Crippen LogP contribution >= 0.6 is 11.3 Å². The van der Waals surface area contributed by atoms with Crippen LogP contribution in [0.25, 0.3) is 0 Å². The van der Waals surface area contributed by atoms with E-state index in [1.807, 2.05) is 30.9 Å². The first-order valence-corrected chi connectivity index (χ1v) is 6.38. The topological polar surface area (TPSA) is 40.5 Å². The minimum absolute atomic E-state index is 0.105. The Morgan fingerprint density at radius 3 is 2.56 bits per heavy atom. The number of piperidine rings is 1. The zero-order chi connectivity index (χ0) is 11.8. The lowest BCUT2D eigenvalue weighted by atomic mass is 9.94. The first-order chi connectivity index (χ1) is 7.48. The van der Waals surface area contributed by atoms with Crippen molar-refractivity contribution >= 4 is 17.2 Å². The molecule has 0 aliphatic carbocycles. The van der Waals surface area contributed by atoms with Gasteiger partial charge in [-0.3, -0.25) is 4.79 Å². The average molecular weight is 239 g/mol. The Hall–Kier alpha value is -0.870. The van der Waals surface area contributed by atoms with E-state index in [-0.39, 0.29) is 5.91 Å². The van der Waals surface area contributed by atoms with Gasteiger partial charge in [0.2, 0.25) is 0 Å². The van der Waals surface area contributed by atoms with Gasteiger partial charge in [-0.2, -0.15) is 0 Å². The molecule has 4 heteroatoms. The molecule has 0 spiro atoms. The van der Waals surface area contributed by atoms with Gasteiger partial charge in [0.25, 0.3) is 5.91 Å². The van der Waals surface area contributed by atoms with Crippen LogP contribution in [0, 0.1) is 6.92 Å². The number of thiophene rings is 1. The summed E-state index contributed by atoms with van der Waals surface area (Å²) >= 11 is 1.54. The Kier molecular flexibility index (Phi) is 3.04. The molecule has 1 aromatic rings. The van der Waals surface area contributed by atoms with E-state index in [0.717, 1.165) is 9.75 Å². The van der Waals surface area contributed by atoms with Crippen LogP contribution in [0.15, 0.2) is 12.1 Å². The molecule has 0 unspecified atom stereocenters. The SMILES string of the molecule is Cc1ccc(C(=O)N2CCC(C)(O)CC2)s1. The second-order valence-corrected chi connectivity index (χ2v) is 5.99. The largest absolute Gasteiger partial charge is 0.390 e. The molecule has 0 bridgehead atoms. The molecule has 1 aliphatic heterocycles. The zero-order valence-electron chi connectivity index (χ0n) is 9.69. The van der Waals surface area contributed by atoms with Crippen LogP contribution in [0.5, 0.6) is 0 Å². The van der Waals surface area contributed by atoms with Crippen LogP contribution < -0.4 is 0 Å². The summed E-state index contributed by atoms with van der Waals surface area (Å²) in [6.45, 7) is 5.15. The lowest BCUT2D eigenvalue weighted by molar-refractivity contribution is -0.00188. The van der Waals surface area contributed by atoms with Crippen molar-refractivity contribution in [2.24, 2.45) is 0 Å². The highest BCUT2D eigenvalue weighted by atomic mass is 32.1. The second kappa shape index (κ2) is 4.18. The molecule has 0 saturated carbocycles. The minimum atomic E-state index is -0.595. The number of nitrogens with zero attached hydrogens (tertiary/aromatic N) is 1. The van der Waals surface area contributed by atoms with Crippen molar-refractivity contribution in [1.82, 2.24) is 4.90 Å². The van der Waals surface area contributed by atoms with E-state index in [4.69, 9.17) is 0 Å². The smallest absolute Gasteiger partial charge is 0.263 e. The van der Waals surface area contributed by atoms with Crippen molar-refractivity contribution in [3.05, 3.63) is 21.9 Å². The Morgan fingerprint density at radius 1 is 1.44 bits per heavy atom. The van der Waals surface area contributed by atoms with Crippen molar-refractivity contribution in [2.75, 3.05) is 13.1 Å². The molecule has 2 heterocycles. The molecule has 1 N–H and O–H groups in total. The van der Waals surface area contributed by atoms with Crippen LogP contribution in [0.4, 0.5) is 0 Å². The molecular formula is C12H17NO2S. The van der Waals surface area contributed by atoms with Gasteiger partial charge in [-0.15, -0.1) is 11.3 Å². The number of rotatable bonds is 1. The van der Waals surface area contributed by atoms with Gasteiger partial charge in [-0.05, 0) is 38.8 Å². The molecule has 1 amide bonds. The number of carbonyl (C=O) groups is 1. The van der Waals surface area contributed by atoms with Crippen molar-refractivity contribution in [3.8, 4) is 0 Å². The molecular weight excluding hydrogens is 222 g/mol. The predicted molar refractivity (Wildman–Crippen MR) is 64.8 cm³/mol. The number of hydrogen-bond donors (Lipinski definition) is 1. The Balaban J connectivity index is 2.02. The first-order valence-electron chi connectivity index (χ1n) is 5.56. The fourth-order valence-corrected chi connectivity index (χ4v) is 2.73. The highest BCUT2D eigenvalue weighted by molar-refractivity contribution is 7.13. The summed E-state index contributed by atoms with van der Waals surface area (Å²) in [5.74, 6) is 0.105. The highest BCUT2D eigenvalue weighted by Gasteiger charge is 2.30. The standard InChI is InChI=1S/C12H17NO2S/c1-9-3-4-10(16-9)11(14)13-7-5-12(2,15)6-8-13/h3-4,15H,5-8H2,1-2H3. The fraction of sp³-hybridized carbons (Fsp3) is 0.583. The maximum atomic E-state index is 12.1. The van der Waals surface area contributed by atoms with E-state index < -0.39 is 5.60 Å². The molecule has 1 aromatic heterocycles. The van der Waals surface area contributed by atoms with E-state index in [1.54, 1.807) is 0 Å². The van der Waals surface area contributed by atoms with Gasteiger partial charge in [0.1, 0.15) is 0 Å². The third kappa shape index (κ3) is 2.44. The van der Waals surface area contributed by atoms with E-state index in [9.17, 15) is 9.90 Å². The number of likely N-dealkylation sites (tertiary alicyclic amines) is 1. The van der Waals surface area contributed by atoms with E-state index in [1.165, 1.54) is 11.3 Å². The van der Waals surface area contributed by atoms with E-state index >= 15 is 0 Å². The summed E-state index contributed by atoms with van der Waals surface area (Å²) in [5, 5.41) is 9.81. The van der Waals surface area contributed by atoms with Crippen LogP contribution in [0.2, 0.25) is 0 Å². The lowest BCUT2D eigenvalue weighted by Crippen LogP contribution is -2.44. The summed E-state index contributed by atoms with van der Waals surface area (Å²) in [7, 11) is 0.